The van der Waals surface area contributed by atoms with Crippen LogP contribution in [-0.2, 0) is 49.4 Å². The molecule has 0 fully saturated rings. The summed E-state index contributed by atoms with van der Waals surface area (Å²) >= 11 is 0. The summed E-state index contributed by atoms with van der Waals surface area (Å²) in [4.78, 5) is 0.605. The first kappa shape index (κ1) is 56.2. The van der Waals surface area contributed by atoms with E-state index in [1.807, 2.05) is 0 Å². The minimum atomic E-state index is -5.52. The third-order valence-electron chi connectivity index (χ3n) is 11.1. The zero-order valence-electron chi connectivity index (χ0n) is 36.8. The molecule has 7 aromatic rings. The molecule has 0 aliphatic rings. The van der Waals surface area contributed by atoms with Gasteiger partial charge in [-0.2, -0.15) is 105 Å². The van der Waals surface area contributed by atoms with Crippen molar-refractivity contribution in [3.8, 4) is 22.3 Å². The van der Waals surface area contributed by atoms with E-state index in [1.54, 1.807) is 0 Å². The molecular weight excluding hydrogens is 1080 g/mol. The molecule has 0 saturated heterocycles. The molecule has 7 aromatic carbocycles. The van der Waals surface area contributed by atoms with Gasteiger partial charge in [0, 0.05) is 34.1 Å². The molecule has 0 radical (unpaired) electrons. The normalized spacial score (nSPS) is 13.3. The Morgan fingerprint density at radius 3 is 0.434 bits per heavy atom. The van der Waals surface area contributed by atoms with Gasteiger partial charge in [-0.1, -0.05) is 48.5 Å². The van der Waals surface area contributed by atoms with Crippen molar-refractivity contribution in [2.45, 2.75) is 49.4 Å². The van der Waals surface area contributed by atoms with Crippen molar-refractivity contribution in [2.24, 2.45) is 0 Å². The van der Waals surface area contributed by atoms with E-state index in [9.17, 15) is 105 Å². The van der Waals surface area contributed by atoms with Crippen molar-refractivity contribution in [3.05, 3.63) is 190 Å². The monoisotopic (exact) mass is 1110 g/mol. The summed E-state index contributed by atoms with van der Waals surface area (Å²) in [6.07, 6.45) is -44.1. The Balaban J connectivity index is 1.30. The molecule has 0 spiro atoms. The fraction of sp³-hybridized carbons (Fsp3) is 0.160. The van der Waals surface area contributed by atoms with Crippen molar-refractivity contribution in [1.82, 2.24) is 0 Å². The molecule has 2 nitrogen and oxygen atoms in total. The van der Waals surface area contributed by atoms with E-state index >= 15 is 0 Å². The van der Waals surface area contributed by atoms with Crippen LogP contribution in [0.5, 0.6) is 0 Å². The van der Waals surface area contributed by atoms with Gasteiger partial charge in [-0.05, 0) is 119 Å². The van der Waals surface area contributed by atoms with Crippen molar-refractivity contribution in [3.63, 3.8) is 0 Å². The Morgan fingerprint density at radius 1 is 0.171 bits per heavy atom. The highest BCUT2D eigenvalue weighted by atomic mass is 19.4. The second-order valence-electron chi connectivity index (χ2n) is 16.4. The Kier molecular flexibility index (Phi) is 14.2. The summed E-state index contributed by atoms with van der Waals surface area (Å²) in [6, 6.07) is 13.0. The standard InChI is InChI=1S/C50H24F24N2/c51-43(52,53)29-13-30(44(54,55)56)18-39(17-29)75(40-19-31(45(57,58)59)14-32(20-40)46(60,61)62)37-9-5-27(6-10-37)25-1-2-26(4-3-25)28-7-11-38(12-8-28)76(41-21-33(47(63,64)65)15-34(22-41)48(66,67)68)42-23-35(49(69,70)71)16-36(24-42)50(72,73)74/h1-24H. The largest absolute Gasteiger partial charge is 0.416 e. The summed E-state index contributed by atoms with van der Waals surface area (Å²) in [5, 5.41) is 0. The number of benzene rings is 7. The fourth-order valence-corrected chi connectivity index (χ4v) is 7.63. The summed E-state index contributed by atoms with van der Waals surface area (Å²) in [6.45, 7) is 0. The van der Waals surface area contributed by atoms with Crippen LogP contribution in [0.15, 0.2) is 146 Å². The minimum Gasteiger partial charge on any atom is -0.310 e. The molecular formula is C50H24F24N2. The SMILES string of the molecule is FC(F)(F)c1cc(N(c2ccc(-c3ccc(-c4ccc(N(c5cc(C(F)(F)F)cc(C(F)(F)F)c5)c5cc(C(F)(F)F)cc(C(F)(F)F)c5)cc4)cc3)cc2)c2cc(C(F)(F)F)cc(C(F)(F)F)c2)cc(C(F)(F)F)c1. The van der Waals surface area contributed by atoms with Gasteiger partial charge in [-0.15, -0.1) is 0 Å². The number of halogens is 24. The van der Waals surface area contributed by atoms with E-state index in [0.717, 1.165) is 48.5 Å². The maximum absolute atomic E-state index is 14.0. The summed E-state index contributed by atoms with van der Waals surface area (Å²) in [7, 11) is 0. The maximum Gasteiger partial charge on any atom is 0.416 e. The predicted molar refractivity (Wildman–Crippen MR) is 227 cm³/mol. The Labute approximate surface area is 410 Å². The summed E-state index contributed by atoms with van der Waals surface area (Å²) in [5.74, 6) is 0. The van der Waals surface area contributed by atoms with Crippen LogP contribution in [0.2, 0.25) is 0 Å². The number of hydrogen-bond donors (Lipinski definition) is 0. The quantitative estimate of drug-likeness (QED) is 0.140. The second kappa shape index (κ2) is 19.2. The van der Waals surface area contributed by atoms with E-state index < -0.39 is 128 Å². The lowest BCUT2D eigenvalue weighted by atomic mass is 9.99. The van der Waals surface area contributed by atoms with E-state index in [2.05, 4.69) is 0 Å². The first-order valence-electron chi connectivity index (χ1n) is 20.8. The maximum atomic E-state index is 14.0. The highest BCUT2D eigenvalue weighted by molar-refractivity contribution is 5.82. The Hall–Kier alpha value is -7.54. The highest BCUT2D eigenvalue weighted by Gasteiger charge is 2.43. The Morgan fingerprint density at radius 2 is 0.303 bits per heavy atom. The van der Waals surface area contributed by atoms with E-state index in [0.29, 0.717) is 9.80 Å². The van der Waals surface area contributed by atoms with Crippen LogP contribution >= 0.6 is 0 Å². The molecule has 0 atom stereocenters. The molecule has 0 unspecified atom stereocenters. The van der Waals surface area contributed by atoms with Crippen LogP contribution in [0.4, 0.5) is 139 Å². The third-order valence-corrected chi connectivity index (χ3v) is 11.1. The zero-order valence-corrected chi connectivity index (χ0v) is 36.8. The molecule has 0 N–H and O–H groups in total. The van der Waals surface area contributed by atoms with Crippen LogP contribution in [0.25, 0.3) is 22.3 Å². The number of rotatable bonds is 8. The third kappa shape index (κ3) is 12.6. The van der Waals surface area contributed by atoms with Crippen molar-refractivity contribution in [1.29, 1.82) is 0 Å². The molecule has 0 aliphatic heterocycles. The number of alkyl halides is 24. The average molecular weight is 1110 g/mol. The molecule has 0 amide bonds. The number of nitrogens with zero attached hydrogens (tertiary/aromatic N) is 2. The summed E-state index contributed by atoms with van der Waals surface area (Å²) < 4.78 is 335. The molecule has 0 heterocycles. The fourth-order valence-electron chi connectivity index (χ4n) is 7.63. The average Bonchev–Trinajstić information content (AvgIpc) is 3.30. The van der Waals surface area contributed by atoms with Gasteiger partial charge >= 0.3 is 49.4 Å². The minimum absolute atomic E-state index is 0.0729. The topological polar surface area (TPSA) is 6.48 Å². The van der Waals surface area contributed by atoms with Gasteiger partial charge in [-0.25, -0.2) is 0 Å². The van der Waals surface area contributed by atoms with Gasteiger partial charge < -0.3 is 9.80 Å². The van der Waals surface area contributed by atoms with Gasteiger partial charge in [0.2, 0.25) is 0 Å². The van der Waals surface area contributed by atoms with Crippen LogP contribution in [0, 0.1) is 0 Å². The van der Waals surface area contributed by atoms with Crippen molar-refractivity contribution in [2.75, 3.05) is 9.80 Å². The zero-order chi connectivity index (χ0) is 56.5. The van der Waals surface area contributed by atoms with Crippen LogP contribution in [-0.4, -0.2) is 0 Å². The summed E-state index contributed by atoms with van der Waals surface area (Å²) in [5.41, 5.74) is -20.8. The lowest BCUT2D eigenvalue weighted by Crippen LogP contribution is -2.18. The molecule has 0 saturated carbocycles. The van der Waals surface area contributed by atoms with Crippen LogP contribution in [0.1, 0.15) is 44.5 Å². The van der Waals surface area contributed by atoms with Gasteiger partial charge in [0.1, 0.15) is 0 Å². The first-order chi connectivity index (χ1) is 34.7. The van der Waals surface area contributed by atoms with Crippen molar-refractivity contribution >= 4 is 34.1 Å². The molecule has 402 valence electrons. The Bertz CT molecular complexity index is 2730. The number of anilines is 6. The molecule has 0 aliphatic carbocycles. The second-order valence-corrected chi connectivity index (χ2v) is 16.4. The van der Waals surface area contributed by atoms with Gasteiger partial charge in [-0.3, -0.25) is 0 Å². The van der Waals surface area contributed by atoms with Gasteiger partial charge in [0.05, 0.1) is 44.5 Å². The lowest BCUT2D eigenvalue weighted by Gasteiger charge is -2.29. The molecule has 26 heteroatoms. The van der Waals surface area contributed by atoms with Gasteiger partial charge in [0.25, 0.3) is 0 Å². The molecule has 76 heavy (non-hydrogen) atoms. The lowest BCUT2D eigenvalue weighted by molar-refractivity contribution is -0.144. The van der Waals surface area contributed by atoms with E-state index in [-0.39, 0.29) is 95.1 Å². The van der Waals surface area contributed by atoms with E-state index in [4.69, 9.17) is 0 Å². The smallest absolute Gasteiger partial charge is 0.310 e. The molecule has 7 rings (SSSR count). The van der Waals surface area contributed by atoms with Gasteiger partial charge in [0.15, 0.2) is 0 Å². The van der Waals surface area contributed by atoms with E-state index in [1.165, 1.54) is 24.3 Å². The predicted octanol–water partition coefficient (Wildman–Crippen LogP) is 20.1. The molecule has 0 aromatic heterocycles. The highest BCUT2D eigenvalue weighted by Crippen LogP contribution is 2.49. The number of hydrogen-bond acceptors (Lipinski definition) is 2. The first-order valence-corrected chi connectivity index (χ1v) is 20.8. The van der Waals surface area contributed by atoms with Crippen LogP contribution in [0.3, 0.4) is 0 Å². The van der Waals surface area contributed by atoms with Crippen LogP contribution < -0.4 is 9.80 Å². The van der Waals surface area contributed by atoms with Crippen molar-refractivity contribution < 1.29 is 105 Å². The molecule has 0 bridgehead atoms.